The molecule has 0 saturated carbocycles. The number of amides is 3. The lowest BCUT2D eigenvalue weighted by atomic mass is 10.1. The SMILES string of the molecule is CNC(=O)Cn1nc(NC(=O)Nc2cccc(CCC(=O)O)c2)cc1C. The maximum absolute atomic E-state index is 12.1. The van der Waals surface area contributed by atoms with Gasteiger partial charge in [-0.25, -0.2) is 4.79 Å². The molecule has 3 amide bonds. The van der Waals surface area contributed by atoms with Gasteiger partial charge in [-0.3, -0.25) is 19.6 Å². The van der Waals surface area contributed by atoms with Crippen molar-refractivity contribution < 1.29 is 19.5 Å². The van der Waals surface area contributed by atoms with Gasteiger partial charge in [-0.1, -0.05) is 12.1 Å². The molecule has 0 aliphatic rings. The van der Waals surface area contributed by atoms with E-state index in [-0.39, 0.29) is 18.9 Å². The third-order valence-corrected chi connectivity index (χ3v) is 3.61. The first-order valence-corrected chi connectivity index (χ1v) is 8.01. The lowest BCUT2D eigenvalue weighted by Gasteiger charge is -2.07. The van der Waals surface area contributed by atoms with E-state index in [1.165, 1.54) is 4.68 Å². The zero-order chi connectivity index (χ0) is 19.1. The molecule has 26 heavy (non-hydrogen) atoms. The molecule has 138 valence electrons. The second-order valence-electron chi connectivity index (χ2n) is 5.68. The van der Waals surface area contributed by atoms with Crippen LogP contribution in [0.15, 0.2) is 30.3 Å². The van der Waals surface area contributed by atoms with Crippen LogP contribution in [0.1, 0.15) is 17.7 Å². The third-order valence-electron chi connectivity index (χ3n) is 3.61. The average molecular weight is 359 g/mol. The molecule has 1 aromatic heterocycles. The molecule has 0 aliphatic heterocycles. The number of anilines is 2. The predicted molar refractivity (Wildman–Crippen MR) is 96.1 cm³/mol. The summed E-state index contributed by atoms with van der Waals surface area (Å²) in [5.74, 6) is -0.736. The minimum absolute atomic E-state index is 0.0255. The van der Waals surface area contributed by atoms with Crippen LogP contribution in [-0.4, -0.2) is 39.8 Å². The highest BCUT2D eigenvalue weighted by Crippen LogP contribution is 2.14. The number of hydrogen-bond acceptors (Lipinski definition) is 4. The van der Waals surface area contributed by atoms with Crippen LogP contribution in [0.25, 0.3) is 0 Å². The number of carbonyl (C=O) groups is 3. The van der Waals surface area contributed by atoms with Crippen molar-refractivity contribution in [3.05, 3.63) is 41.6 Å². The summed E-state index contributed by atoms with van der Waals surface area (Å²) < 4.78 is 1.49. The zero-order valence-corrected chi connectivity index (χ0v) is 14.6. The summed E-state index contributed by atoms with van der Waals surface area (Å²) in [4.78, 5) is 34.2. The van der Waals surface area contributed by atoms with Crippen LogP contribution in [-0.2, 0) is 22.6 Å². The number of aliphatic carboxylic acids is 1. The smallest absolute Gasteiger partial charge is 0.324 e. The van der Waals surface area contributed by atoms with Crippen molar-refractivity contribution in [3.63, 3.8) is 0 Å². The van der Waals surface area contributed by atoms with Crippen molar-refractivity contribution in [2.24, 2.45) is 0 Å². The van der Waals surface area contributed by atoms with E-state index < -0.39 is 12.0 Å². The fourth-order valence-corrected chi connectivity index (χ4v) is 2.28. The number of aromatic nitrogens is 2. The van der Waals surface area contributed by atoms with Crippen molar-refractivity contribution >= 4 is 29.4 Å². The summed E-state index contributed by atoms with van der Waals surface area (Å²) in [7, 11) is 1.54. The average Bonchev–Trinajstić information content (AvgIpc) is 2.92. The van der Waals surface area contributed by atoms with Gasteiger partial charge in [0.25, 0.3) is 0 Å². The van der Waals surface area contributed by atoms with Gasteiger partial charge in [0.2, 0.25) is 5.91 Å². The largest absolute Gasteiger partial charge is 0.481 e. The first-order chi connectivity index (χ1) is 12.4. The predicted octanol–water partition coefficient (Wildman–Crippen LogP) is 1.60. The van der Waals surface area contributed by atoms with Crippen LogP contribution >= 0.6 is 0 Å². The van der Waals surface area contributed by atoms with Crippen molar-refractivity contribution in [2.75, 3.05) is 17.7 Å². The van der Waals surface area contributed by atoms with E-state index in [0.29, 0.717) is 17.9 Å². The molecule has 0 saturated heterocycles. The minimum Gasteiger partial charge on any atom is -0.481 e. The Morgan fingerprint density at radius 2 is 1.96 bits per heavy atom. The molecule has 1 aromatic carbocycles. The van der Waals surface area contributed by atoms with E-state index in [4.69, 9.17) is 5.11 Å². The van der Waals surface area contributed by atoms with Gasteiger partial charge < -0.3 is 15.7 Å². The summed E-state index contributed by atoms with van der Waals surface area (Å²) >= 11 is 0. The molecule has 0 fully saturated rings. The Bertz CT molecular complexity index is 815. The molecule has 0 atom stereocenters. The number of rotatable bonds is 7. The van der Waals surface area contributed by atoms with Crippen LogP contribution in [0.3, 0.4) is 0 Å². The lowest BCUT2D eigenvalue weighted by molar-refractivity contribution is -0.137. The Morgan fingerprint density at radius 1 is 1.19 bits per heavy atom. The number of nitrogens with one attached hydrogen (secondary N) is 3. The highest BCUT2D eigenvalue weighted by molar-refractivity contribution is 5.99. The summed E-state index contributed by atoms with van der Waals surface area (Å²) in [6, 6.07) is 8.15. The minimum atomic E-state index is -0.871. The fraction of sp³-hybridized carbons (Fsp3) is 0.294. The van der Waals surface area contributed by atoms with Crippen molar-refractivity contribution in [3.8, 4) is 0 Å². The van der Waals surface area contributed by atoms with Gasteiger partial charge in [-0.15, -0.1) is 0 Å². The number of nitrogens with zero attached hydrogens (tertiary/aromatic N) is 2. The molecule has 0 aliphatic carbocycles. The first kappa shape index (κ1) is 19.0. The molecule has 0 radical (unpaired) electrons. The summed E-state index contributed by atoms with van der Waals surface area (Å²) in [6.07, 6.45) is 0.410. The van der Waals surface area contributed by atoms with E-state index in [1.807, 2.05) is 0 Å². The van der Waals surface area contributed by atoms with Crippen LogP contribution in [0, 0.1) is 6.92 Å². The third kappa shape index (κ3) is 5.62. The maximum atomic E-state index is 12.1. The number of carboxylic acids is 1. The maximum Gasteiger partial charge on any atom is 0.324 e. The topological polar surface area (TPSA) is 125 Å². The number of benzene rings is 1. The Labute approximate surface area is 150 Å². The van der Waals surface area contributed by atoms with E-state index in [1.54, 1.807) is 44.3 Å². The van der Waals surface area contributed by atoms with Crippen LogP contribution in [0.4, 0.5) is 16.3 Å². The van der Waals surface area contributed by atoms with Crippen LogP contribution in [0.5, 0.6) is 0 Å². The Morgan fingerprint density at radius 3 is 2.65 bits per heavy atom. The summed E-state index contributed by atoms with van der Waals surface area (Å²) in [5, 5.41) is 20.7. The van der Waals surface area contributed by atoms with E-state index in [0.717, 1.165) is 11.3 Å². The summed E-state index contributed by atoms with van der Waals surface area (Å²) in [5.41, 5.74) is 2.10. The van der Waals surface area contributed by atoms with Crippen molar-refractivity contribution in [1.82, 2.24) is 15.1 Å². The van der Waals surface area contributed by atoms with Crippen LogP contribution < -0.4 is 16.0 Å². The molecule has 2 aromatic rings. The summed E-state index contributed by atoms with van der Waals surface area (Å²) in [6.45, 7) is 1.85. The van der Waals surface area contributed by atoms with Gasteiger partial charge in [0, 0.05) is 30.9 Å². The van der Waals surface area contributed by atoms with Gasteiger partial charge in [-0.2, -0.15) is 5.10 Å². The molecule has 9 nitrogen and oxygen atoms in total. The Balaban J connectivity index is 1.96. The van der Waals surface area contributed by atoms with Crippen molar-refractivity contribution in [1.29, 1.82) is 0 Å². The molecular formula is C17H21N5O4. The van der Waals surface area contributed by atoms with Gasteiger partial charge in [-0.05, 0) is 31.0 Å². The van der Waals surface area contributed by atoms with Gasteiger partial charge >= 0.3 is 12.0 Å². The van der Waals surface area contributed by atoms with Crippen LogP contribution in [0.2, 0.25) is 0 Å². The molecular weight excluding hydrogens is 338 g/mol. The molecule has 9 heteroatoms. The van der Waals surface area contributed by atoms with E-state index in [2.05, 4.69) is 21.0 Å². The lowest BCUT2D eigenvalue weighted by Crippen LogP contribution is -2.25. The standard InChI is InChI=1S/C17H21N5O4/c1-11-8-14(21-22(11)10-15(23)18-2)20-17(26)19-13-5-3-4-12(9-13)6-7-16(24)25/h3-5,8-9H,6-7,10H2,1-2H3,(H,18,23)(H,24,25)(H2,19,20,21,26). The highest BCUT2D eigenvalue weighted by Gasteiger charge is 2.10. The molecule has 2 rings (SSSR count). The Hall–Kier alpha value is -3.36. The Kier molecular flexibility index (Phi) is 6.31. The normalized spacial score (nSPS) is 10.2. The number of carbonyl (C=O) groups excluding carboxylic acids is 2. The number of hydrogen-bond donors (Lipinski definition) is 4. The zero-order valence-electron chi connectivity index (χ0n) is 14.6. The molecule has 4 N–H and O–H groups in total. The first-order valence-electron chi connectivity index (χ1n) is 8.01. The van der Waals surface area contributed by atoms with Gasteiger partial charge in [0.15, 0.2) is 5.82 Å². The van der Waals surface area contributed by atoms with Gasteiger partial charge in [0.05, 0.1) is 0 Å². The second kappa shape index (κ2) is 8.65. The number of carboxylic acid groups (broad SMARTS) is 1. The molecule has 1 heterocycles. The molecule has 0 spiro atoms. The van der Waals surface area contributed by atoms with E-state index in [9.17, 15) is 14.4 Å². The fourth-order valence-electron chi connectivity index (χ4n) is 2.28. The number of likely N-dealkylation sites (N-methyl/N-ethyl adjacent to an activating group) is 1. The number of aryl methyl sites for hydroxylation is 2. The molecule has 0 bridgehead atoms. The monoisotopic (exact) mass is 359 g/mol. The highest BCUT2D eigenvalue weighted by atomic mass is 16.4. The van der Waals surface area contributed by atoms with Gasteiger partial charge in [0.1, 0.15) is 6.54 Å². The molecule has 0 unspecified atom stereocenters. The second-order valence-corrected chi connectivity index (χ2v) is 5.68. The number of urea groups is 1. The van der Waals surface area contributed by atoms with E-state index >= 15 is 0 Å². The van der Waals surface area contributed by atoms with Crippen molar-refractivity contribution in [2.45, 2.75) is 26.3 Å². The quantitative estimate of drug-likeness (QED) is 0.597.